The van der Waals surface area contributed by atoms with E-state index in [4.69, 9.17) is 10.8 Å². The Kier molecular flexibility index (Phi) is 3.91. The number of fused-ring (bicyclic) bond motifs is 1. The molecule has 4 aromatic rings. The van der Waals surface area contributed by atoms with Gasteiger partial charge in [-0.05, 0) is 31.2 Å². The van der Waals surface area contributed by atoms with Crippen LogP contribution >= 0.6 is 0 Å². The molecule has 136 valence electrons. The third kappa shape index (κ3) is 3.03. The Morgan fingerprint density at radius 1 is 0.926 bits per heavy atom. The summed E-state index contributed by atoms with van der Waals surface area (Å²) in [7, 11) is 0. The minimum atomic E-state index is -0.206. The lowest BCUT2D eigenvalue weighted by Gasteiger charge is -2.18. The monoisotopic (exact) mass is 358 g/mol. The molecular formula is C21H22N6. The standard InChI is InChI=1S/C21H22N6/c1-13-6-5-7-16(25-13)18-19(27(22)20(26-18)21(2,3)4)14-8-9-15-17(12-14)24-11-10-23-15/h5-12H,22H2,1-4H3. The molecule has 0 fully saturated rings. The summed E-state index contributed by atoms with van der Waals surface area (Å²) in [4.78, 5) is 18.3. The van der Waals surface area contributed by atoms with Crippen LogP contribution in [0.25, 0.3) is 33.7 Å². The van der Waals surface area contributed by atoms with Crippen LogP contribution < -0.4 is 5.84 Å². The Bertz CT molecular complexity index is 1140. The second kappa shape index (κ2) is 6.16. The first kappa shape index (κ1) is 17.1. The fourth-order valence-electron chi connectivity index (χ4n) is 3.20. The van der Waals surface area contributed by atoms with Crippen LogP contribution in [0.4, 0.5) is 0 Å². The van der Waals surface area contributed by atoms with Gasteiger partial charge in [-0.3, -0.25) is 15.0 Å². The highest BCUT2D eigenvalue weighted by Gasteiger charge is 2.27. The SMILES string of the molecule is Cc1cccc(-c2nc(C(C)(C)C)n(N)c2-c2ccc3nccnc3c2)n1. The van der Waals surface area contributed by atoms with Gasteiger partial charge in [0, 0.05) is 29.1 Å². The first-order valence-corrected chi connectivity index (χ1v) is 8.88. The fraction of sp³-hybridized carbons (Fsp3) is 0.238. The summed E-state index contributed by atoms with van der Waals surface area (Å²) in [5, 5.41) is 0. The van der Waals surface area contributed by atoms with E-state index in [0.29, 0.717) is 0 Å². The maximum Gasteiger partial charge on any atom is 0.133 e. The highest BCUT2D eigenvalue weighted by molar-refractivity contribution is 5.85. The van der Waals surface area contributed by atoms with Gasteiger partial charge in [0.15, 0.2) is 0 Å². The number of hydrogen-bond donors (Lipinski definition) is 1. The van der Waals surface area contributed by atoms with Crippen LogP contribution in [0.3, 0.4) is 0 Å². The molecule has 3 heterocycles. The van der Waals surface area contributed by atoms with Crippen molar-refractivity contribution in [3.8, 4) is 22.6 Å². The summed E-state index contributed by atoms with van der Waals surface area (Å²) in [6.07, 6.45) is 3.38. The van der Waals surface area contributed by atoms with E-state index in [1.54, 1.807) is 17.1 Å². The number of nitrogens with two attached hydrogens (primary N) is 1. The zero-order valence-electron chi connectivity index (χ0n) is 15.9. The van der Waals surface area contributed by atoms with E-state index in [9.17, 15) is 0 Å². The smallest absolute Gasteiger partial charge is 0.133 e. The number of imidazole rings is 1. The van der Waals surface area contributed by atoms with Crippen LogP contribution in [0.5, 0.6) is 0 Å². The molecule has 0 bridgehead atoms. The number of nitrogen functional groups attached to an aromatic ring is 1. The molecule has 27 heavy (non-hydrogen) atoms. The molecule has 0 amide bonds. The van der Waals surface area contributed by atoms with Gasteiger partial charge in [-0.2, -0.15) is 0 Å². The van der Waals surface area contributed by atoms with Crippen molar-refractivity contribution in [3.05, 3.63) is 60.3 Å². The zero-order chi connectivity index (χ0) is 19.2. The maximum absolute atomic E-state index is 6.53. The minimum Gasteiger partial charge on any atom is -0.337 e. The van der Waals surface area contributed by atoms with E-state index in [1.165, 1.54) is 0 Å². The molecule has 0 spiro atoms. The summed E-state index contributed by atoms with van der Waals surface area (Å²) >= 11 is 0. The lowest BCUT2D eigenvalue weighted by atomic mass is 9.96. The Morgan fingerprint density at radius 2 is 1.67 bits per heavy atom. The van der Waals surface area contributed by atoms with Crippen molar-refractivity contribution in [1.29, 1.82) is 0 Å². The van der Waals surface area contributed by atoms with Gasteiger partial charge < -0.3 is 5.84 Å². The number of aryl methyl sites for hydroxylation is 1. The van der Waals surface area contributed by atoms with E-state index in [-0.39, 0.29) is 5.41 Å². The number of pyridine rings is 1. The quantitative estimate of drug-likeness (QED) is 0.550. The summed E-state index contributed by atoms with van der Waals surface area (Å²) in [6.45, 7) is 8.27. The number of nitrogens with zero attached hydrogens (tertiary/aromatic N) is 5. The van der Waals surface area contributed by atoms with Crippen molar-refractivity contribution in [1.82, 2.24) is 24.6 Å². The molecule has 6 heteroatoms. The minimum absolute atomic E-state index is 0.206. The fourth-order valence-corrected chi connectivity index (χ4v) is 3.20. The van der Waals surface area contributed by atoms with Crippen molar-refractivity contribution < 1.29 is 0 Å². The van der Waals surface area contributed by atoms with Gasteiger partial charge in [0.05, 0.1) is 22.4 Å². The van der Waals surface area contributed by atoms with Crippen molar-refractivity contribution >= 4 is 11.0 Å². The first-order chi connectivity index (χ1) is 12.8. The lowest BCUT2D eigenvalue weighted by Crippen LogP contribution is -2.24. The lowest BCUT2D eigenvalue weighted by molar-refractivity contribution is 0.531. The molecule has 2 N–H and O–H groups in total. The number of benzene rings is 1. The number of aromatic nitrogens is 5. The predicted molar refractivity (Wildman–Crippen MR) is 108 cm³/mol. The van der Waals surface area contributed by atoms with Crippen molar-refractivity contribution in [2.45, 2.75) is 33.1 Å². The average molecular weight is 358 g/mol. The van der Waals surface area contributed by atoms with Gasteiger partial charge >= 0.3 is 0 Å². The van der Waals surface area contributed by atoms with E-state index in [0.717, 1.165) is 45.2 Å². The summed E-state index contributed by atoms with van der Waals surface area (Å²) in [6, 6.07) is 11.9. The zero-order valence-corrected chi connectivity index (χ0v) is 15.9. The summed E-state index contributed by atoms with van der Waals surface area (Å²) in [5.41, 5.74) is 5.73. The van der Waals surface area contributed by atoms with E-state index in [1.807, 2.05) is 43.3 Å². The van der Waals surface area contributed by atoms with Crippen LogP contribution in [0.1, 0.15) is 32.3 Å². The van der Waals surface area contributed by atoms with Crippen LogP contribution in [-0.2, 0) is 5.41 Å². The normalized spacial score (nSPS) is 11.9. The molecule has 6 nitrogen and oxygen atoms in total. The van der Waals surface area contributed by atoms with Crippen LogP contribution in [-0.4, -0.2) is 24.6 Å². The Balaban J connectivity index is 2.01. The molecule has 0 aliphatic carbocycles. The Labute approximate surface area is 158 Å². The molecule has 3 aromatic heterocycles. The van der Waals surface area contributed by atoms with Crippen LogP contribution in [0, 0.1) is 6.92 Å². The third-order valence-corrected chi connectivity index (χ3v) is 4.46. The largest absolute Gasteiger partial charge is 0.337 e. The van der Waals surface area contributed by atoms with E-state index >= 15 is 0 Å². The van der Waals surface area contributed by atoms with Gasteiger partial charge in [-0.25, -0.2) is 9.66 Å². The molecule has 4 rings (SSSR count). The van der Waals surface area contributed by atoms with Gasteiger partial charge in [-0.1, -0.05) is 32.9 Å². The predicted octanol–water partition coefficient (Wildman–Crippen LogP) is 3.88. The van der Waals surface area contributed by atoms with Crippen molar-refractivity contribution in [2.24, 2.45) is 0 Å². The molecule has 0 unspecified atom stereocenters. The van der Waals surface area contributed by atoms with Crippen LogP contribution in [0.15, 0.2) is 48.8 Å². The molecule has 0 aliphatic rings. The molecule has 0 radical (unpaired) electrons. The average Bonchev–Trinajstić information content (AvgIpc) is 2.99. The van der Waals surface area contributed by atoms with Crippen molar-refractivity contribution in [2.75, 3.05) is 5.84 Å². The van der Waals surface area contributed by atoms with Gasteiger partial charge in [0.25, 0.3) is 0 Å². The Hall–Kier alpha value is -3.28. The topological polar surface area (TPSA) is 82.5 Å². The summed E-state index contributed by atoms with van der Waals surface area (Å²) in [5.74, 6) is 7.33. The van der Waals surface area contributed by atoms with Gasteiger partial charge in [0.2, 0.25) is 0 Å². The van der Waals surface area contributed by atoms with Gasteiger partial charge in [-0.15, -0.1) is 0 Å². The van der Waals surface area contributed by atoms with Crippen molar-refractivity contribution in [3.63, 3.8) is 0 Å². The number of hydrogen-bond acceptors (Lipinski definition) is 5. The van der Waals surface area contributed by atoms with E-state index in [2.05, 4.69) is 35.7 Å². The third-order valence-electron chi connectivity index (χ3n) is 4.46. The number of rotatable bonds is 2. The molecule has 0 saturated carbocycles. The molecule has 1 aromatic carbocycles. The maximum atomic E-state index is 6.53. The van der Waals surface area contributed by atoms with E-state index < -0.39 is 0 Å². The molecular weight excluding hydrogens is 336 g/mol. The van der Waals surface area contributed by atoms with Crippen LogP contribution in [0.2, 0.25) is 0 Å². The summed E-state index contributed by atoms with van der Waals surface area (Å²) < 4.78 is 1.68. The second-order valence-electron chi connectivity index (χ2n) is 7.68. The highest BCUT2D eigenvalue weighted by atomic mass is 15.3. The first-order valence-electron chi connectivity index (χ1n) is 8.88. The second-order valence-corrected chi connectivity index (χ2v) is 7.68. The molecule has 0 aliphatic heterocycles. The highest BCUT2D eigenvalue weighted by Crippen LogP contribution is 2.35. The van der Waals surface area contributed by atoms with Gasteiger partial charge in [0.1, 0.15) is 11.5 Å². The Morgan fingerprint density at radius 3 is 2.37 bits per heavy atom. The molecule has 0 atom stereocenters. The molecule has 0 saturated heterocycles.